The van der Waals surface area contributed by atoms with E-state index in [0.717, 1.165) is 17.8 Å². The Morgan fingerprint density at radius 2 is 1.14 bits per heavy atom. The summed E-state index contributed by atoms with van der Waals surface area (Å²) >= 11 is 0. The summed E-state index contributed by atoms with van der Waals surface area (Å²) in [6, 6.07) is 0. The van der Waals surface area contributed by atoms with Gasteiger partial charge in [0.1, 0.15) is 0 Å². The highest BCUT2D eigenvalue weighted by Gasteiger charge is 2.16. The lowest BCUT2D eigenvalue weighted by Crippen LogP contribution is -2.13. The summed E-state index contributed by atoms with van der Waals surface area (Å²) in [6.07, 6.45) is 12.2. The van der Waals surface area contributed by atoms with Gasteiger partial charge in [0, 0.05) is 0 Å². The van der Waals surface area contributed by atoms with E-state index in [9.17, 15) is 0 Å². The third kappa shape index (κ3) is 9.93. The Balaban J connectivity index is 4.04. The lowest BCUT2D eigenvalue weighted by atomic mass is 9.82. The van der Waals surface area contributed by atoms with Gasteiger partial charge in [-0.2, -0.15) is 0 Å². The molecule has 0 saturated carbocycles. The van der Waals surface area contributed by atoms with E-state index in [1.165, 1.54) is 25.7 Å². The summed E-state index contributed by atoms with van der Waals surface area (Å²) in [4.78, 5) is 0. The minimum absolute atomic E-state index is 0.666. The Kier molecular flexibility index (Phi) is 10.8. The fourth-order valence-corrected chi connectivity index (χ4v) is 2.59. The van der Waals surface area contributed by atoms with Crippen LogP contribution < -0.4 is 0 Å². The van der Waals surface area contributed by atoms with E-state index in [2.05, 4.69) is 73.3 Å². The summed E-state index contributed by atoms with van der Waals surface area (Å²) < 4.78 is 0. The second-order valence-corrected chi connectivity index (χ2v) is 7.79. The van der Waals surface area contributed by atoms with Crippen LogP contribution in [-0.2, 0) is 0 Å². The molecule has 5 unspecified atom stereocenters. The van der Waals surface area contributed by atoms with Gasteiger partial charge in [0.25, 0.3) is 0 Å². The number of hydrogen-bond donors (Lipinski definition) is 0. The van der Waals surface area contributed by atoms with Crippen molar-refractivity contribution in [2.24, 2.45) is 35.5 Å². The molecule has 0 aromatic carbocycles. The van der Waals surface area contributed by atoms with Crippen molar-refractivity contribution >= 4 is 0 Å². The van der Waals surface area contributed by atoms with Crippen molar-refractivity contribution in [3.63, 3.8) is 0 Å². The molecule has 0 aliphatic carbocycles. The van der Waals surface area contributed by atoms with E-state index in [1.54, 1.807) is 0 Å². The summed E-state index contributed by atoms with van der Waals surface area (Å²) in [6.45, 7) is 20.3. The largest absolute Gasteiger partial charge is 0.103 e. The van der Waals surface area contributed by atoms with E-state index < -0.39 is 0 Å². The number of allylic oxidation sites excluding steroid dienone is 3. The molecular formula is C21H40. The molecule has 0 aromatic heterocycles. The summed E-state index contributed by atoms with van der Waals surface area (Å²) in [5.41, 5.74) is 0. The quantitative estimate of drug-likeness (QED) is 0.355. The Labute approximate surface area is 135 Å². The Morgan fingerprint density at radius 1 is 0.667 bits per heavy atom. The van der Waals surface area contributed by atoms with Crippen LogP contribution in [0, 0.1) is 35.5 Å². The molecule has 5 atom stereocenters. The van der Waals surface area contributed by atoms with Crippen LogP contribution in [0.2, 0.25) is 0 Å². The van der Waals surface area contributed by atoms with E-state index in [-0.39, 0.29) is 0 Å². The molecule has 0 saturated heterocycles. The van der Waals surface area contributed by atoms with Crippen LogP contribution in [0.4, 0.5) is 0 Å². The van der Waals surface area contributed by atoms with Crippen molar-refractivity contribution in [3.05, 3.63) is 24.8 Å². The van der Waals surface area contributed by atoms with Crippen LogP contribution in [0.15, 0.2) is 24.8 Å². The third-order valence-electron chi connectivity index (χ3n) is 5.23. The predicted molar refractivity (Wildman–Crippen MR) is 98.5 cm³/mol. The van der Waals surface area contributed by atoms with Gasteiger partial charge in [-0.1, -0.05) is 73.1 Å². The molecule has 0 nitrogen and oxygen atoms in total. The SMILES string of the molecule is C=CC(C)CCC(C)C(C)CCC(C)C(C)/C=C\C(C)C. The standard InChI is InChI=1S/C21H40/c1-9-17(4)11-13-19(6)21(8)15-14-20(7)18(5)12-10-16(2)3/h9-10,12,16-21H,1,11,13-15H2,2-8H3/b12-10-. The fraction of sp³-hybridized carbons (Fsp3) is 0.810. The molecule has 0 N–H and O–H groups in total. The molecule has 0 fully saturated rings. The van der Waals surface area contributed by atoms with Crippen LogP contribution >= 0.6 is 0 Å². The summed E-state index contributed by atoms with van der Waals surface area (Å²) in [5.74, 6) is 4.51. The average Bonchev–Trinajstić information content (AvgIpc) is 2.46. The molecule has 0 heterocycles. The minimum atomic E-state index is 0.666. The third-order valence-corrected chi connectivity index (χ3v) is 5.23. The molecule has 0 amide bonds. The highest BCUT2D eigenvalue weighted by molar-refractivity contribution is 4.90. The van der Waals surface area contributed by atoms with Gasteiger partial charge in [-0.25, -0.2) is 0 Å². The Hall–Kier alpha value is -0.520. The second kappa shape index (κ2) is 11.1. The molecule has 0 aromatic rings. The van der Waals surface area contributed by atoms with Gasteiger partial charge in [-0.3, -0.25) is 0 Å². The highest BCUT2D eigenvalue weighted by atomic mass is 14.2. The van der Waals surface area contributed by atoms with E-state index in [0.29, 0.717) is 17.8 Å². The minimum Gasteiger partial charge on any atom is -0.103 e. The zero-order valence-electron chi connectivity index (χ0n) is 15.7. The van der Waals surface area contributed by atoms with E-state index in [4.69, 9.17) is 0 Å². The van der Waals surface area contributed by atoms with Gasteiger partial charge in [-0.05, 0) is 54.8 Å². The van der Waals surface area contributed by atoms with Gasteiger partial charge < -0.3 is 0 Å². The molecular weight excluding hydrogens is 252 g/mol. The molecule has 0 bridgehead atoms. The lowest BCUT2D eigenvalue weighted by molar-refractivity contribution is 0.290. The zero-order valence-corrected chi connectivity index (χ0v) is 15.7. The van der Waals surface area contributed by atoms with Crippen LogP contribution in [0.25, 0.3) is 0 Å². The van der Waals surface area contributed by atoms with Crippen molar-refractivity contribution < 1.29 is 0 Å². The molecule has 0 rings (SSSR count). The first-order valence-electron chi connectivity index (χ1n) is 9.08. The first-order chi connectivity index (χ1) is 9.77. The van der Waals surface area contributed by atoms with Crippen molar-refractivity contribution in [1.82, 2.24) is 0 Å². The topological polar surface area (TPSA) is 0 Å². The lowest BCUT2D eigenvalue weighted by Gasteiger charge is -2.24. The molecule has 0 aliphatic rings. The summed E-state index contributed by atoms with van der Waals surface area (Å²) in [5, 5.41) is 0. The van der Waals surface area contributed by atoms with Gasteiger partial charge in [-0.15, -0.1) is 6.58 Å². The second-order valence-electron chi connectivity index (χ2n) is 7.79. The monoisotopic (exact) mass is 292 g/mol. The van der Waals surface area contributed by atoms with Crippen molar-refractivity contribution in [1.29, 1.82) is 0 Å². The van der Waals surface area contributed by atoms with E-state index >= 15 is 0 Å². The van der Waals surface area contributed by atoms with Crippen molar-refractivity contribution in [3.8, 4) is 0 Å². The Bertz CT molecular complexity index is 286. The van der Waals surface area contributed by atoms with Crippen LogP contribution in [0.3, 0.4) is 0 Å². The average molecular weight is 293 g/mol. The van der Waals surface area contributed by atoms with Gasteiger partial charge in [0.05, 0.1) is 0 Å². The maximum absolute atomic E-state index is 3.89. The number of hydrogen-bond acceptors (Lipinski definition) is 0. The predicted octanol–water partition coefficient (Wildman–Crippen LogP) is 7.13. The molecule has 0 aliphatic heterocycles. The molecule has 0 heteroatoms. The molecule has 0 spiro atoms. The smallest absolute Gasteiger partial charge is 0.0236 e. The van der Waals surface area contributed by atoms with Crippen LogP contribution in [0.5, 0.6) is 0 Å². The highest BCUT2D eigenvalue weighted by Crippen LogP contribution is 2.27. The van der Waals surface area contributed by atoms with Gasteiger partial charge in [0.15, 0.2) is 0 Å². The zero-order chi connectivity index (χ0) is 16.4. The maximum atomic E-state index is 3.89. The first-order valence-corrected chi connectivity index (χ1v) is 9.08. The van der Waals surface area contributed by atoms with Crippen molar-refractivity contribution in [2.45, 2.75) is 74.1 Å². The van der Waals surface area contributed by atoms with Crippen LogP contribution in [0.1, 0.15) is 74.1 Å². The fourth-order valence-electron chi connectivity index (χ4n) is 2.59. The van der Waals surface area contributed by atoms with Gasteiger partial charge >= 0.3 is 0 Å². The molecule has 124 valence electrons. The van der Waals surface area contributed by atoms with Crippen molar-refractivity contribution in [2.75, 3.05) is 0 Å². The first kappa shape index (κ1) is 20.5. The molecule has 21 heavy (non-hydrogen) atoms. The van der Waals surface area contributed by atoms with Crippen LogP contribution in [-0.4, -0.2) is 0 Å². The summed E-state index contributed by atoms with van der Waals surface area (Å²) in [7, 11) is 0. The number of rotatable bonds is 11. The Morgan fingerprint density at radius 3 is 1.62 bits per heavy atom. The van der Waals surface area contributed by atoms with Gasteiger partial charge in [0.2, 0.25) is 0 Å². The maximum Gasteiger partial charge on any atom is -0.0236 e. The molecule has 0 radical (unpaired) electrons. The normalized spacial score (nSPS) is 19.4. The van der Waals surface area contributed by atoms with E-state index in [1.807, 2.05) is 0 Å².